The van der Waals surface area contributed by atoms with Crippen LogP contribution in [0.5, 0.6) is 5.75 Å². The van der Waals surface area contributed by atoms with Gasteiger partial charge in [-0.25, -0.2) is 4.98 Å². The minimum Gasteiger partial charge on any atom is -0.508 e. The summed E-state index contributed by atoms with van der Waals surface area (Å²) in [7, 11) is 4.65. The molecule has 2 unspecified atom stereocenters. The molecule has 0 aliphatic carbocycles. The van der Waals surface area contributed by atoms with E-state index in [4.69, 9.17) is 5.73 Å². The molecule has 2 aromatic rings. The quantitative estimate of drug-likeness (QED) is 0.399. The molecular weight excluding hydrogens is 465 g/mol. The van der Waals surface area contributed by atoms with E-state index in [9.17, 15) is 23.9 Å². The molecule has 2 rings (SSSR count). The van der Waals surface area contributed by atoms with Crippen LogP contribution in [0.3, 0.4) is 0 Å². The van der Waals surface area contributed by atoms with Gasteiger partial charge in [0.15, 0.2) is 0 Å². The lowest BCUT2D eigenvalue weighted by molar-refractivity contribution is -0.149. The van der Waals surface area contributed by atoms with Crippen LogP contribution in [0, 0.1) is 18.8 Å². The fourth-order valence-corrected chi connectivity index (χ4v) is 4.26. The van der Waals surface area contributed by atoms with Crippen LogP contribution in [0.1, 0.15) is 30.5 Å². The molecule has 0 aliphatic heterocycles. The standard InChI is InChI=1S/C26H36FN5O4/c1-15(2)23(32(6)25(35)19(29-4)12-18-9-10-30-22(27)14-18)26(36)31(5)20(24(28)34)13-17-7-8-21(33)16(3)11-17/h7-11,14-15,19-20,23,29,33H,12-13H2,1-6H3,(H2,28,34)/t19?,20?,23-/m0/s1. The number of aromatic nitrogens is 1. The summed E-state index contributed by atoms with van der Waals surface area (Å²) in [6.07, 6.45) is 1.70. The van der Waals surface area contributed by atoms with Crippen LogP contribution >= 0.6 is 0 Å². The fraction of sp³-hybridized carbons (Fsp3) is 0.462. The van der Waals surface area contributed by atoms with Gasteiger partial charge in [0.2, 0.25) is 23.7 Å². The number of pyridine rings is 1. The average molecular weight is 502 g/mol. The minimum absolute atomic E-state index is 0.132. The molecule has 0 aliphatic rings. The normalized spacial score (nSPS) is 13.7. The molecule has 0 radical (unpaired) electrons. The molecule has 0 fully saturated rings. The van der Waals surface area contributed by atoms with Gasteiger partial charge in [-0.05, 0) is 61.2 Å². The number of carbonyl (C=O) groups is 3. The molecule has 3 amide bonds. The molecule has 9 nitrogen and oxygen atoms in total. The summed E-state index contributed by atoms with van der Waals surface area (Å²) in [5.41, 5.74) is 7.63. The van der Waals surface area contributed by atoms with E-state index in [2.05, 4.69) is 10.3 Å². The van der Waals surface area contributed by atoms with E-state index in [1.165, 1.54) is 35.2 Å². The second-order valence-electron chi connectivity index (χ2n) is 9.36. The van der Waals surface area contributed by atoms with Crippen molar-refractivity contribution < 1.29 is 23.9 Å². The van der Waals surface area contributed by atoms with Crippen LogP contribution < -0.4 is 11.1 Å². The van der Waals surface area contributed by atoms with E-state index in [1.807, 2.05) is 13.8 Å². The molecule has 0 saturated carbocycles. The molecule has 1 aromatic heterocycles. The highest BCUT2D eigenvalue weighted by atomic mass is 19.1. The van der Waals surface area contributed by atoms with Gasteiger partial charge in [-0.2, -0.15) is 4.39 Å². The molecule has 10 heteroatoms. The Morgan fingerprint density at radius 2 is 1.69 bits per heavy atom. The van der Waals surface area contributed by atoms with Gasteiger partial charge >= 0.3 is 0 Å². The van der Waals surface area contributed by atoms with Gasteiger partial charge in [-0.3, -0.25) is 14.4 Å². The zero-order valence-electron chi connectivity index (χ0n) is 21.7. The van der Waals surface area contributed by atoms with Crippen LogP contribution in [0.4, 0.5) is 4.39 Å². The molecule has 0 spiro atoms. The number of likely N-dealkylation sites (N-methyl/N-ethyl adjacent to an activating group) is 3. The van der Waals surface area contributed by atoms with Gasteiger partial charge in [0.25, 0.3) is 0 Å². The van der Waals surface area contributed by atoms with Crippen LogP contribution in [0.2, 0.25) is 0 Å². The Hall–Kier alpha value is -3.53. The van der Waals surface area contributed by atoms with E-state index in [1.54, 1.807) is 39.2 Å². The van der Waals surface area contributed by atoms with Gasteiger partial charge in [0.1, 0.15) is 17.8 Å². The van der Waals surface area contributed by atoms with E-state index < -0.39 is 35.9 Å². The van der Waals surface area contributed by atoms with Gasteiger partial charge in [0.05, 0.1) is 6.04 Å². The van der Waals surface area contributed by atoms with Gasteiger partial charge in [0, 0.05) is 26.7 Å². The van der Waals surface area contributed by atoms with Crippen molar-refractivity contribution in [2.24, 2.45) is 11.7 Å². The lowest BCUT2D eigenvalue weighted by atomic mass is 9.97. The Labute approximate surface area is 211 Å². The highest BCUT2D eigenvalue weighted by Gasteiger charge is 2.37. The van der Waals surface area contributed by atoms with E-state index in [0.29, 0.717) is 11.1 Å². The van der Waals surface area contributed by atoms with Crippen LogP contribution in [0.25, 0.3) is 0 Å². The van der Waals surface area contributed by atoms with Gasteiger partial charge in [-0.15, -0.1) is 0 Å². The number of rotatable bonds is 11. The highest BCUT2D eigenvalue weighted by Crippen LogP contribution is 2.21. The summed E-state index contributed by atoms with van der Waals surface area (Å²) in [6.45, 7) is 5.37. The van der Waals surface area contributed by atoms with Crippen molar-refractivity contribution in [3.63, 3.8) is 0 Å². The number of aryl methyl sites for hydroxylation is 1. The predicted molar refractivity (Wildman–Crippen MR) is 134 cm³/mol. The summed E-state index contributed by atoms with van der Waals surface area (Å²) in [4.78, 5) is 45.5. The first-order valence-electron chi connectivity index (χ1n) is 11.8. The maximum atomic E-state index is 13.6. The highest BCUT2D eigenvalue weighted by molar-refractivity contribution is 5.93. The van der Waals surface area contributed by atoms with Crippen LogP contribution in [-0.4, -0.2) is 76.9 Å². The number of nitrogens with two attached hydrogens (primary N) is 1. The molecule has 3 atom stereocenters. The first-order valence-corrected chi connectivity index (χ1v) is 11.8. The SMILES string of the molecule is CNC(Cc1ccnc(F)c1)C(=O)N(C)[C@H](C(=O)N(C)C(Cc1ccc(O)c(C)c1)C(N)=O)C(C)C. The van der Waals surface area contributed by atoms with Crippen molar-refractivity contribution in [2.45, 2.75) is 51.7 Å². The summed E-state index contributed by atoms with van der Waals surface area (Å²) >= 11 is 0. The number of primary amides is 1. The Bertz CT molecular complexity index is 1090. The van der Waals surface area contributed by atoms with E-state index >= 15 is 0 Å². The summed E-state index contributed by atoms with van der Waals surface area (Å²) < 4.78 is 13.5. The molecule has 196 valence electrons. The number of hydrogen-bond donors (Lipinski definition) is 3. The molecule has 36 heavy (non-hydrogen) atoms. The molecule has 1 aromatic carbocycles. The number of amides is 3. The smallest absolute Gasteiger partial charge is 0.246 e. The molecule has 1 heterocycles. The second-order valence-corrected chi connectivity index (χ2v) is 9.36. The Balaban J connectivity index is 2.25. The van der Waals surface area contributed by atoms with E-state index in [-0.39, 0.29) is 30.4 Å². The monoisotopic (exact) mass is 501 g/mol. The van der Waals surface area contributed by atoms with Crippen molar-refractivity contribution >= 4 is 17.7 Å². The third-order valence-corrected chi connectivity index (χ3v) is 6.36. The summed E-state index contributed by atoms with van der Waals surface area (Å²) in [5, 5.41) is 12.7. The predicted octanol–water partition coefficient (Wildman–Crippen LogP) is 1.40. The molecular formula is C26H36FN5O4. The maximum Gasteiger partial charge on any atom is 0.246 e. The molecule has 0 saturated heterocycles. The number of carbonyl (C=O) groups excluding carboxylic acids is 3. The van der Waals surface area contributed by atoms with Gasteiger partial charge < -0.3 is 26.0 Å². The average Bonchev–Trinajstić information content (AvgIpc) is 2.81. The summed E-state index contributed by atoms with van der Waals surface area (Å²) in [5.74, 6) is -2.23. The lowest BCUT2D eigenvalue weighted by Gasteiger charge is -2.37. The number of nitrogens with zero attached hydrogens (tertiary/aromatic N) is 3. The minimum atomic E-state index is -0.953. The number of halogens is 1. The number of hydrogen-bond acceptors (Lipinski definition) is 6. The number of phenols is 1. The van der Waals surface area contributed by atoms with Crippen molar-refractivity contribution in [1.29, 1.82) is 0 Å². The Morgan fingerprint density at radius 1 is 1.06 bits per heavy atom. The van der Waals surface area contributed by atoms with Crippen LogP contribution in [0.15, 0.2) is 36.5 Å². The first kappa shape index (κ1) is 28.7. The number of aromatic hydroxyl groups is 1. The van der Waals surface area contributed by atoms with Crippen molar-refractivity contribution in [1.82, 2.24) is 20.1 Å². The number of phenolic OH excluding ortho intramolecular Hbond substituents is 1. The zero-order chi connectivity index (χ0) is 27.2. The fourth-order valence-electron chi connectivity index (χ4n) is 4.26. The van der Waals surface area contributed by atoms with Crippen molar-refractivity contribution in [3.05, 3.63) is 59.2 Å². The number of nitrogens with one attached hydrogen (secondary N) is 1. The second kappa shape index (κ2) is 12.4. The molecule has 0 bridgehead atoms. The number of benzene rings is 1. The zero-order valence-corrected chi connectivity index (χ0v) is 21.7. The third-order valence-electron chi connectivity index (χ3n) is 6.36. The van der Waals surface area contributed by atoms with Crippen LogP contribution in [-0.2, 0) is 27.2 Å². The third kappa shape index (κ3) is 7.00. The van der Waals surface area contributed by atoms with Crippen molar-refractivity contribution in [2.75, 3.05) is 21.1 Å². The summed E-state index contributed by atoms with van der Waals surface area (Å²) in [6, 6.07) is 5.30. The lowest BCUT2D eigenvalue weighted by Crippen LogP contribution is -2.58. The Kier molecular flexibility index (Phi) is 9.92. The Morgan fingerprint density at radius 3 is 2.22 bits per heavy atom. The van der Waals surface area contributed by atoms with Gasteiger partial charge in [-0.1, -0.05) is 26.0 Å². The first-order chi connectivity index (χ1) is 16.9. The molecule has 4 N–H and O–H groups in total. The largest absolute Gasteiger partial charge is 0.508 e. The maximum absolute atomic E-state index is 13.6. The van der Waals surface area contributed by atoms with Crippen molar-refractivity contribution in [3.8, 4) is 5.75 Å². The van der Waals surface area contributed by atoms with E-state index in [0.717, 1.165) is 5.56 Å². The topological polar surface area (TPSA) is 129 Å².